The summed E-state index contributed by atoms with van der Waals surface area (Å²) in [5.41, 5.74) is 1.44. The zero-order chi connectivity index (χ0) is 13.8. The highest BCUT2D eigenvalue weighted by Crippen LogP contribution is 2.15. The summed E-state index contributed by atoms with van der Waals surface area (Å²) >= 11 is 0. The molecule has 5 heteroatoms. The second-order valence-corrected chi connectivity index (χ2v) is 4.86. The minimum atomic E-state index is -0.143. The SMILES string of the molecule is O=C(NCC1CCCO1)c1cnc(-c2ccccc2)[nH]1. The van der Waals surface area contributed by atoms with Crippen LogP contribution in [0.2, 0.25) is 0 Å². The number of carbonyl (C=O) groups is 1. The predicted molar refractivity (Wildman–Crippen MR) is 75.3 cm³/mol. The van der Waals surface area contributed by atoms with Gasteiger partial charge in [-0.2, -0.15) is 0 Å². The van der Waals surface area contributed by atoms with Gasteiger partial charge in [-0.05, 0) is 12.8 Å². The number of nitrogens with one attached hydrogen (secondary N) is 2. The van der Waals surface area contributed by atoms with Gasteiger partial charge in [-0.25, -0.2) is 4.98 Å². The van der Waals surface area contributed by atoms with Crippen LogP contribution in [0.5, 0.6) is 0 Å². The minimum Gasteiger partial charge on any atom is -0.376 e. The molecular formula is C15H17N3O2. The maximum absolute atomic E-state index is 12.0. The van der Waals surface area contributed by atoms with Crippen LogP contribution < -0.4 is 5.32 Å². The van der Waals surface area contributed by atoms with E-state index in [0.29, 0.717) is 18.1 Å². The van der Waals surface area contributed by atoms with Crippen molar-refractivity contribution in [2.45, 2.75) is 18.9 Å². The van der Waals surface area contributed by atoms with Gasteiger partial charge in [0.2, 0.25) is 0 Å². The molecule has 2 aromatic rings. The third kappa shape index (κ3) is 2.88. The molecule has 1 saturated heterocycles. The first-order chi connectivity index (χ1) is 9.83. The number of carbonyl (C=O) groups excluding carboxylic acids is 1. The number of benzene rings is 1. The topological polar surface area (TPSA) is 67.0 Å². The number of imidazole rings is 1. The molecule has 1 aliphatic heterocycles. The average molecular weight is 271 g/mol. The van der Waals surface area contributed by atoms with E-state index in [4.69, 9.17) is 4.74 Å². The highest BCUT2D eigenvalue weighted by molar-refractivity contribution is 5.92. The van der Waals surface area contributed by atoms with Crippen LogP contribution in [-0.4, -0.2) is 35.1 Å². The Kier molecular flexibility index (Phi) is 3.78. The summed E-state index contributed by atoms with van der Waals surface area (Å²) in [5, 5.41) is 2.87. The van der Waals surface area contributed by atoms with Gasteiger partial charge >= 0.3 is 0 Å². The van der Waals surface area contributed by atoms with E-state index in [2.05, 4.69) is 15.3 Å². The van der Waals surface area contributed by atoms with E-state index in [1.807, 2.05) is 30.3 Å². The number of hydrogen-bond donors (Lipinski definition) is 2. The van der Waals surface area contributed by atoms with Crippen LogP contribution in [0.3, 0.4) is 0 Å². The molecule has 3 rings (SSSR count). The Bertz CT molecular complexity index is 574. The molecular weight excluding hydrogens is 254 g/mol. The molecule has 1 aromatic carbocycles. The van der Waals surface area contributed by atoms with Crippen LogP contribution in [0.25, 0.3) is 11.4 Å². The third-order valence-electron chi connectivity index (χ3n) is 3.38. The van der Waals surface area contributed by atoms with Gasteiger partial charge < -0.3 is 15.0 Å². The van der Waals surface area contributed by atoms with Crippen molar-refractivity contribution in [2.24, 2.45) is 0 Å². The normalized spacial score (nSPS) is 18.1. The molecule has 1 unspecified atom stereocenters. The molecule has 5 nitrogen and oxygen atoms in total. The van der Waals surface area contributed by atoms with Crippen LogP contribution >= 0.6 is 0 Å². The first-order valence-corrected chi connectivity index (χ1v) is 6.83. The largest absolute Gasteiger partial charge is 0.376 e. The molecule has 2 heterocycles. The highest BCUT2D eigenvalue weighted by atomic mass is 16.5. The smallest absolute Gasteiger partial charge is 0.269 e. The number of hydrogen-bond acceptors (Lipinski definition) is 3. The lowest BCUT2D eigenvalue weighted by atomic mass is 10.2. The molecule has 20 heavy (non-hydrogen) atoms. The van der Waals surface area contributed by atoms with Gasteiger partial charge in [-0.15, -0.1) is 0 Å². The average Bonchev–Trinajstić information content (AvgIpc) is 3.17. The molecule has 1 atom stereocenters. The van der Waals surface area contributed by atoms with Crippen molar-refractivity contribution in [2.75, 3.05) is 13.2 Å². The van der Waals surface area contributed by atoms with Crippen LogP contribution in [-0.2, 0) is 4.74 Å². The van der Waals surface area contributed by atoms with E-state index in [-0.39, 0.29) is 12.0 Å². The Morgan fingerprint density at radius 2 is 2.25 bits per heavy atom. The van der Waals surface area contributed by atoms with E-state index in [1.165, 1.54) is 0 Å². The lowest BCUT2D eigenvalue weighted by Gasteiger charge is -2.09. The molecule has 1 amide bonds. The molecule has 0 radical (unpaired) electrons. The Balaban J connectivity index is 1.62. The number of ether oxygens (including phenoxy) is 1. The van der Waals surface area contributed by atoms with Gasteiger partial charge in [0.1, 0.15) is 11.5 Å². The summed E-state index contributed by atoms with van der Waals surface area (Å²) in [6.07, 6.45) is 3.80. The number of aromatic nitrogens is 2. The predicted octanol–water partition coefficient (Wildman–Crippen LogP) is 1.99. The first-order valence-electron chi connectivity index (χ1n) is 6.83. The number of rotatable bonds is 4. The van der Waals surface area contributed by atoms with Gasteiger partial charge in [0.15, 0.2) is 0 Å². The monoisotopic (exact) mass is 271 g/mol. The molecule has 0 saturated carbocycles. The Morgan fingerprint density at radius 1 is 1.40 bits per heavy atom. The minimum absolute atomic E-state index is 0.143. The molecule has 0 bridgehead atoms. The summed E-state index contributed by atoms with van der Waals surface area (Å²) in [4.78, 5) is 19.3. The maximum atomic E-state index is 12.0. The van der Waals surface area contributed by atoms with Gasteiger partial charge in [0, 0.05) is 18.7 Å². The molecule has 1 aromatic heterocycles. The highest BCUT2D eigenvalue weighted by Gasteiger charge is 2.17. The summed E-state index contributed by atoms with van der Waals surface area (Å²) < 4.78 is 5.47. The zero-order valence-corrected chi connectivity index (χ0v) is 11.1. The molecule has 1 fully saturated rings. The summed E-state index contributed by atoms with van der Waals surface area (Å²) in [6.45, 7) is 1.35. The van der Waals surface area contributed by atoms with Gasteiger partial charge in [0.25, 0.3) is 5.91 Å². The second-order valence-electron chi connectivity index (χ2n) is 4.86. The Labute approximate surface area is 117 Å². The lowest BCUT2D eigenvalue weighted by molar-refractivity contribution is 0.0854. The van der Waals surface area contributed by atoms with Gasteiger partial charge in [-0.3, -0.25) is 4.79 Å². The Hall–Kier alpha value is -2.14. The fourth-order valence-electron chi connectivity index (χ4n) is 2.29. The van der Waals surface area contributed by atoms with E-state index in [0.717, 1.165) is 25.0 Å². The summed E-state index contributed by atoms with van der Waals surface area (Å²) in [6, 6.07) is 9.73. The standard InChI is InChI=1S/C15H17N3O2/c19-15(17-9-12-7-4-8-20-12)13-10-16-14(18-13)11-5-2-1-3-6-11/h1-3,5-6,10,12H,4,7-9H2,(H,16,18)(H,17,19). The van der Waals surface area contributed by atoms with E-state index >= 15 is 0 Å². The second kappa shape index (κ2) is 5.88. The number of H-pyrrole nitrogens is 1. The molecule has 1 aliphatic rings. The van der Waals surface area contributed by atoms with Crippen molar-refractivity contribution in [1.29, 1.82) is 0 Å². The van der Waals surface area contributed by atoms with Crippen molar-refractivity contribution in [3.63, 3.8) is 0 Å². The molecule has 104 valence electrons. The summed E-state index contributed by atoms with van der Waals surface area (Å²) in [5.74, 6) is 0.558. The lowest BCUT2D eigenvalue weighted by Crippen LogP contribution is -2.31. The summed E-state index contributed by atoms with van der Waals surface area (Å²) in [7, 11) is 0. The molecule has 0 aliphatic carbocycles. The van der Waals surface area contributed by atoms with Crippen molar-refractivity contribution >= 4 is 5.91 Å². The first kappa shape index (κ1) is 12.9. The van der Waals surface area contributed by atoms with E-state index in [1.54, 1.807) is 6.20 Å². The fraction of sp³-hybridized carbons (Fsp3) is 0.333. The quantitative estimate of drug-likeness (QED) is 0.893. The molecule has 2 N–H and O–H groups in total. The van der Waals surface area contributed by atoms with E-state index in [9.17, 15) is 4.79 Å². The van der Waals surface area contributed by atoms with Crippen LogP contribution in [0, 0.1) is 0 Å². The number of amides is 1. The Morgan fingerprint density at radius 3 is 3.00 bits per heavy atom. The van der Waals surface area contributed by atoms with Crippen molar-refractivity contribution in [3.8, 4) is 11.4 Å². The number of aromatic amines is 1. The molecule has 0 spiro atoms. The van der Waals surface area contributed by atoms with Crippen molar-refractivity contribution in [3.05, 3.63) is 42.2 Å². The van der Waals surface area contributed by atoms with Gasteiger partial charge in [-0.1, -0.05) is 30.3 Å². The van der Waals surface area contributed by atoms with Gasteiger partial charge in [0.05, 0.1) is 12.3 Å². The van der Waals surface area contributed by atoms with Crippen LogP contribution in [0.1, 0.15) is 23.3 Å². The van der Waals surface area contributed by atoms with Crippen molar-refractivity contribution in [1.82, 2.24) is 15.3 Å². The third-order valence-corrected chi connectivity index (χ3v) is 3.38. The van der Waals surface area contributed by atoms with Crippen LogP contribution in [0.4, 0.5) is 0 Å². The zero-order valence-electron chi connectivity index (χ0n) is 11.1. The fourth-order valence-corrected chi connectivity index (χ4v) is 2.29. The van der Waals surface area contributed by atoms with Crippen LogP contribution in [0.15, 0.2) is 36.5 Å². The maximum Gasteiger partial charge on any atom is 0.269 e. The van der Waals surface area contributed by atoms with E-state index < -0.39 is 0 Å². The van der Waals surface area contributed by atoms with Crippen molar-refractivity contribution < 1.29 is 9.53 Å². The number of nitrogens with zero attached hydrogens (tertiary/aromatic N) is 1.